The maximum absolute atomic E-state index is 9.20. The first kappa shape index (κ1) is 12.6. The molecule has 1 aliphatic carbocycles. The third-order valence-electron chi connectivity index (χ3n) is 4.15. The quantitative estimate of drug-likeness (QED) is 0.856. The van der Waals surface area contributed by atoms with Gasteiger partial charge in [0, 0.05) is 5.92 Å². The van der Waals surface area contributed by atoms with Gasteiger partial charge in [0.25, 0.3) is 0 Å². The van der Waals surface area contributed by atoms with Crippen LogP contribution in [-0.4, -0.2) is 10.1 Å². The number of rotatable bonds is 2. The average molecular weight is 237 g/mol. The lowest BCUT2D eigenvalue weighted by molar-refractivity contribution is 0.162. The van der Waals surface area contributed by atoms with Gasteiger partial charge in [0.2, 0.25) is 0 Å². The number of hydrogen-bond donors (Lipinski definition) is 1. The first-order chi connectivity index (χ1) is 8.02. The summed E-state index contributed by atoms with van der Waals surface area (Å²) in [5, 5.41) is 9.20. The zero-order chi connectivity index (χ0) is 12.5. The maximum atomic E-state index is 9.20. The van der Waals surface area contributed by atoms with Crippen LogP contribution in [0.3, 0.4) is 0 Å². The van der Waals surface area contributed by atoms with E-state index in [1.54, 1.807) is 0 Å². The van der Waals surface area contributed by atoms with Gasteiger partial charge in [0.05, 0.1) is 6.61 Å². The third kappa shape index (κ3) is 2.71. The number of hydrogen-bond acceptors (Lipinski definition) is 3. The first-order valence-electron chi connectivity index (χ1n) is 6.55. The van der Waals surface area contributed by atoms with Crippen molar-refractivity contribution in [3.63, 3.8) is 0 Å². The molecule has 0 amide bonds. The number of aliphatic hydroxyl groups excluding tert-OH is 1. The lowest BCUT2D eigenvalue weighted by Gasteiger charge is -2.36. The molecule has 2 rings (SSSR count). The third-order valence-corrected chi connectivity index (χ3v) is 4.15. The van der Waals surface area contributed by atoms with Gasteiger partial charge in [0.1, 0.15) is 11.5 Å². The van der Waals surface area contributed by atoms with Crippen LogP contribution in [0.4, 0.5) is 0 Å². The zero-order valence-electron chi connectivity index (χ0n) is 11.1. The molecule has 1 heterocycles. The Morgan fingerprint density at radius 1 is 1.29 bits per heavy atom. The predicted octanol–water partition coefficient (Wildman–Crippen LogP) is 3.49. The van der Waals surface area contributed by atoms with Crippen molar-refractivity contribution in [2.24, 2.45) is 11.3 Å². The monoisotopic (exact) mass is 237 g/mol. The molecule has 17 heavy (non-hydrogen) atoms. The van der Waals surface area contributed by atoms with Gasteiger partial charge in [0.15, 0.2) is 6.39 Å². The zero-order valence-corrected chi connectivity index (χ0v) is 11.1. The highest BCUT2D eigenvalue weighted by atomic mass is 16.3. The van der Waals surface area contributed by atoms with Gasteiger partial charge < -0.3 is 9.52 Å². The molecule has 1 aliphatic rings. The van der Waals surface area contributed by atoms with Crippen LogP contribution in [0.25, 0.3) is 0 Å². The van der Waals surface area contributed by atoms with Gasteiger partial charge in [-0.15, -0.1) is 0 Å². The van der Waals surface area contributed by atoms with Crippen LogP contribution in [0.15, 0.2) is 10.8 Å². The molecular formula is C14H23NO2. The molecule has 1 saturated carbocycles. The van der Waals surface area contributed by atoms with Crippen molar-refractivity contribution in [2.75, 3.05) is 0 Å². The van der Waals surface area contributed by atoms with Crippen LogP contribution in [0.2, 0.25) is 0 Å². The minimum Gasteiger partial charge on any atom is -0.448 e. The average Bonchev–Trinajstić information content (AvgIpc) is 2.76. The SMILES string of the molecule is CC(C)(C)C1CCC(c2ocnc2CO)CC1. The second kappa shape index (κ2) is 4.81. The second-order valence-electron chi connectivity index (χ2n) is 6.24. The van der Waals surface area contributed by atoms with E-state index >= 15 is 0 Å². The Labute approximate surface area is 103 Å². The lowest BCUT2D eigenvalue weighted by Crippen LogP contribution is -2.25. The number of oxazole rings is 1. The second-order valence-corrected chi connectivity index (χ2v) is 6.24. The van der Waals surface area contributed by atoms with Gasteiger partial charge in [-0.05, 0) is 37.0 Å². The van der Waals surface area contributed by atoms with E-state index in [-0.39, 0.29) is 6.61 Å². The molecule has 0 aromatic carbocycles. The number of nitrogens with zero attached hydrogens (tertiary/aromatic N) is 1. The normalized spacial score (nSPS) is 26.1. The van der Waals surface area contributed by atoms with Gasteiger partial charge in [-0.1, -0.05) is 20.8 Å². The molecule has 1 aromatic heterocycles. The molecule has 1 fully saturated rings. The lowest BCUT2D eigenvalue weighted by atomic mass is 9.69. The topological polar surface area (TPSA) is 46.3 Å². The highest BCUT2D eigenvalue weighted by Crippen LogP contribution is 2.43. The largest absolute Gasteiger partial charge is 0.448 e. The summed E-state index contributed by atoms with van der Waals surface area (Å²) in [6.45, 7) is 6.97. The Kier molecular flexibility index (Phi) is 3.57. The fraction of sp³-hybridized carbons (Fsp3) is 0.786. The van der Waals surface area contributed by atoms with Crippen molar-refractivity contribution in [2.45, 2.75) is 59.0 Å². The van der Waals surface area contributed by atoms with Crippen LogP contribution in [0.1, 0.15) is 63.8 Å². The van der Waals surface area contributed by atoms with Gasteiger partial charge in [-0.25, -0.2) is 4.98 Å². The van der Waals surface area contributed by atoms with E-state index in [4.69, 9.17) is 4.42 Å². The van der Waals surface area contributed by atoms with E-state index in [9.17, 15) is 5.11 Å². The van der Waals surface area contributed by atoms with Crippen LogP contribution < -0.4 is 0 Å². The highest BCUT2D eigenvalue weighted by molar-refractivity contribution is 5.12. The summed E-state index contributed by atoms with van der Waals surface area (Å²) in [5.74, 6) is 2.18. The Hall–Kier alpha value is -0.830. The summed E-state index contributed by atoms with van der Waals surface area (Å²) in [4.78, 5) is 4.06. The molecule has 0 atom stereocenters. The Bertz CT molecular complexity index is 357. The van der Waals surface area contributed by atoms with Crippen molar-refractivity contribution < 1.29 is 9.52 Å². The fourth-order valence-corrected chi connectivity index (χ4v) is 2.95. The van der Waals surface area contributed by atoms with Gasteiger partial charge in [-0.3, -0.25) is 0 Å². The predicted molar refractivity (Wildman–Crippen MR) is 66.6 cm³/mol. The van der Waals surface area contributed by atoms with Gasteiger partial charge in [-0.2, -0.15) is 0 Å². The van der Waals surface area contributed by atoms with Crippen LogP contribution in [-0.2, 0) is 6.61 Å². The molecule has 96 valence electrons. The molecule has 0 aliphatic heterocycles. The summed E-state index contributed by atoms with van der Waals surface area (Å²) >= 11 is 0. The maximum Gasteiger partial charge on any atom is 0.181 e. The molecule has 1 N–H and O–H groups in total. The standard InChI is InChI=1S/C14H23NO2/c1-14(2,3)11-6-4-10(5-7-11)13-12(8-16)15-9-17-13/h9-11,16H,4-8H2,1-3H3. The van der Waals surface area contributed by atoms with Gasteiger partial charge >= 0.3 is 0 Å². The van der Waals surface area contributed by atoms with Crippen LogP contribution in [0.5, 0.6) is 0 Å². The molecule has 0 radical (unpaired) electrons. The summed E-state index contributed by atoms with van der Waals surface area (Å²) in [7, 11) is 0. The molecule has 0 saturated heterocycles. The van der Waals surface area contributed by atoms with Crippen LogP contribution in [0, 0.1) is 11.3 Å². The highest BCUT2D eigenvalue weighted by Gasteiger charge is 2.32. The van der Waals surface area contributed by atoms with Crippen molar-refractivity contribution in [1.82, 2.24) is 4.98 Å². The summed E-state index contributed by atoms with van der Waals surface area (Å²) < 4.78 is 5.44. The van der Waals surface area contributed by atoms with E-state index in [1.807, 2.05) is 0 Å². The summed E-state index contributed by atoms with van der Waals surface area (Å²) in [6.07, 6.45) is 6.27. The van der Waals surface area contributed by atoms with E-state index in [2.05, 4.69) is 25.8 Å². The molecule has 1 aromatic rings. The van der Waals surface area contributed by atoms with E-state index < -0.39 is 0 Å². The smallest absolute Gasteiger partial charge is 0.181 e. The molecule has 0 bridgehead atoms. The van der Waals surface area contributed by atoms with Crippen molar-refractivity contribution >= 4 is 0 Å². The minimum absolute atomic E-state index is 0.00890. The summed E-state index contributed by atoms with van der Waals surface area (Å²) in [5.41, 5.74) is 1.14. The fourth-order valence-electron chi connectivity index (χ4n) is 2.95. The Morgan fingerprint density at radius 3 is 2.47 bits per heavy atom. The molecule has 3 heteroatoms. The molecule has 0 unspecified atom stereocenters. The minimum atomic E-state index is -0.00890. The first-order valence-corrected chi connectivity index (χ1v) is 6.55. The van der Waals surface area contributed by atoms with Crippen LogP contribution >= 0.6 is 0 Å². The van der Waals surface area contributed by atoms with E-state index in [0.29, 0.717) is 11.3 Å². The molecule has 0 spiro atoms. The van der Waals surface area contributed by atoms with E-state index in [0.717, 1.165) is 30.2 Å². The number of aliphatic hydroxyl groups is 1. The Morgan fingerprint density at radius 2 is 1.94 bits per heavy atom. The summed E-state index contributed by atoms with van der Waals surface area (Å²) in [6, 6.07) is 0. The Balaban J connectivity index is 2.00. The molecule has 3 nitrogen and oxygen atoms in total. The number of aromatic nitrogens is 1. The van der Waals surface area contributed by atoms with E-state index in [1.165, 1.54) is 19.2 Å². The van der Waals surface area contributed by atoms with Crippen molar-refractivity contribution in [3.05, 3.63) is 17.8 Å². The van der Waals surface area contributed by atoms with Crippen molar-refractivity contribution in [1.29, 1.82) is 0 Å². The molecular weight excluding hydrogens is 214 g/mol. The van der Waals surface area contributed by atoms with Crippen molar-refractivity contribution in [3.8, 4) is 0 Å².